The molecule has 1 N–H and O–H groups in total. The van der Waals surface area contributed by atoms with Crippen LogP contribution in [0, 0.1) is 10.1 Å². The molecule has 1 aliphatic rings. The van der Waals surface area contributed by atoms with Crippen LogP contribution in [0.3, 0.4) is 0 Å². The molecule has 8 nitrogen and oxygen atoms in total. The highest BCUT2D eigenvalue weighted by molar-refractivity contribution is 5.38. The average Bonchev–Trinajstić information content (AvgIpc) is 3.18. The fourth-order valence-corrected chi connectivity index (χ4v) is 2.30. The summed E-state index contributed by atoms with van der Waals surface area (Å²) >= 11 is 0. The van der Waals surface area contributed by atoms with Crippen molar-refractivity contribution < 1.29 is 14.1 Å². The van der Waals surface area contributed by atoms with Gasteiger partial charge in [-0.3, -0.25) is 14.8 Å². The number of rotatable bonds is 6. The predicted octanol–water partition coefficient (Wildman–Crippen LogP) is 2.18. The van der Waals surface area contributed by atoms with Crippen LogP contribution < -0.4 is 5.32 Å². The third-order valence-electron chi connectivity index (χ3n) is 3.34. The first-order valence-corrected chi connectivity index (χ1v) is 6.82. The van der Waals surface area contributed by atoms with Gasteiger partial charge in [0.2, 0.25) is 0 Å². The van der Waals surface area contributed by atoms with Crippen LogP contribution in [-0.2, 0) is 17.8 Å². The highest BCUT2D eigenvalue weighted by Gasteiger charge is 2.16. The summed E-state index contributed by atoms with van der Waals surface area (Å²) in [5.41, 5.74) is 0.840. The highest BCUT2D eigenvalue weighted by atomic mass is 16.6. The van der Waals surface area contributed by atoms with E-state index in [1.807, 2.05) is 10.9 Å². The molecule has 0 aliphatic carbocycles. The number of nitrogens with zero attached hydrogens (tertiary/aromatic N) is 3. The lowest BCUT2D eigenvalue weighted by atomic mass is 10.2. The van der Waals surface area contributed by atoms with E-state index < -0.39 is 4.92 Å². The Kier molecular flexibility index (Phi) is 3.87. The van der Waals surface area contributed by atoms with Crippen LogP contribution in [-0.4, -0.2) is 27.4 Å². The Bertz CT molecular complexity index is 615. The third kappa shape index (κ3) is 3.40. The number of ether oxygens (including phenoxy) is 1. The molecule has 1 unspecified atom stereocenters. The zero-order chi connectivity index (χ0) is 14.7. The summed E-state index contributed by atoms with van der Waals surface area (Å²) in [6, 6.07) is 2.93. The molecular weight excluding hydrogens is 276 g/mol. The fraction of sp³-hybridized carbons (Fsp3) is 0.462. The molecule has 3 heterocycles. The smallest absolute Gasteiger partial charge is 0.404 e. The second kappa shape index (κ2) is 5.96. The molecule has 1 aliphatic heterocycles. The standard InChI is InChI=1S/C13H16N4O4/c18-17(19)13-4-3-11(21-13)7-14-10-6-15-16(8-10)9-12-2-1-5-20-12/h3-4,6,8,12,14H,1-2,5,7,9H2. The van der Waals surface area contributed by atoms with Crippen LogP contribution in [0.15, 0.2) is 28.9 Å². The number of furan rings is 1. The van der Waals surface area contributed by atoms with Crippen molar-refractivity contribution in [3.8, 4) is 0 Å². The zero-order valence-corrected chi connectivity index (χ0v) is 11.4. The van der Waals surface area contributed by atoms with Gasteiger partial charge in [0.15, 0.2) is 0 Å². The lowest BCUT2D eigenvalue weighted by Crippen LogP contribution is -2.15. The molecule has 0 bridgehead atoms. The van der Waals surface area contributed by atoms with E-state index in [2.05, 4.69) is 10.4 Å². The molecule has 0 radical (unpaired) electrons. The Morgan fingerprint density at radius 3 is 3.14 bits per heavy atom. The Balaban J connectivity index is 1.52. The predicted molar refractivity (Wildman–Crippen MR) is 73.9 cm³/mol. The van der Waals surface area contributed by atoms with E-state index in [4.69, 9.17) is 9.15 Å². The van der Waals surface area contributed by atoms with Crippen molar-refractivity contribution in [3.05, 3.63) is 40.4 Å². The van der Waals surface area contributed by atoms with Crippen LogP contribution in [0.25, 0.3) is 0 Å². The molecule has 0 aromatic carbocycles. The summed E-state index contributed by atoms with van der Waals surface area (Å²) in [5.74, 6) is 0.259. The quantitative estimate of drug-likeness (QED) is 0.647. The van der Waals surface area contributed by atoms with Gasteiger partial charge in [-0.05, 0) is 18.9 Å². The fourth-order valence-electron chi connectivity index (χ4n) is 2.30. The van der Waals surface area contributed by atoms with Gasteiger partial charge in [-0.15, -0.1) is 0 Å². The van der Waals surface area contributed by atoms with Crippen LogP contribution in [0.1, 0.15) is 18.6 Å². The maximum atomic E-state index is 10.5. The van der Waals surface area contributed by atoms with Gasteiger partial charge in [0.1, 0.15) is 10.7 Å². The topological polar surface area (TPSA) is 95.4 Å². The third-order valence-corrected chi connectivity index (χ3v) is 3.34. The van der Waals surface area contributed by atoms with Gasteiger partial charge in [-0.1, -0.05) is 0 Å². The molecule has 21 heavy (non-hydrogen) atoms. The lowest BCUT2D eigenvalue weighted by molar-refractivity contribution is -0.402. The highest BCUT2D eigenvalue weighted by Crippen LogP contribution is 2.18. The molecule has 1 fully saturated rings. The van der Waals surface area contributed by atoms with Crippen molar-refractivity contribution in [2.45, 2.75) is 32.0 Å². The maximum absolute atomic E-state index is 10.5. The first-order chi connectivity index (χ1) is 10.2. The van der Waals surface area contributed by atoms with Crippen molar-refractivity contribution in [1.82, 2.24) is 9.78 Å². The first kappa shape index (κ1) is 13.6. The van der Waals surface area contributed by atoms with E-state index in [0.29, 0.717) is 12.3 Å². The Morgan fingerprint density at radius 2 is 2.43 bits per heavy atom. The number of hydrogen-bond donors (Lipinski definition) is 1. The minimum absolute atomic E-state index is 0.241. The number of aromatic nitrogens is 2. The molecule has 1 atom stereocenters. The monoisotopic (exact) mass is 292 g/mol. The van der Waals surface area contributed by atoms with Crippen molar-refractivity contribution in [2.24, 2.45) is 0 Å². The molecule has 1 saturated heterocycles. The molecule has 0 amide bonds. The minimum Gasteiger partial charge on any atom is -0.404 e. The van der Waals surface area contributed by atoms with E-state index in [1.165, 1.54) is 6.07 Å². The van der Waals surface area contributed by atoms with Crippen molar-refractivity contribution >= 4 is 11.6 Å². The van der Waals surface area contributed by atoms with Gasteiger partial charge in [0, 0.05) is 12.8 Å². The van der Waals surface area contributed by atoms with Crippen LogP contribution in [0.2, 0.25) is 0 Å². The van der Waals surface area contributed by atoms with Gasteiger partial charge in [-0.2, -0.15) is 5.10 Å². The molecule has 2 aromatic heterocycles. The number of nitro groups is 1. The second-order valence-corrected chi connectivity index (χ2v) is 4.94. The Morgan fingerprint density at radius 1 is 1.52 bits per heavy atom. The Hall–Kier alpha value is -2.35. The van der Waals surface area contributed by atoms with Gasteiger partial charge in [0.25, 0.3) is 0 Å². The number of nitrogens with one attached hydrogen (secondary N) is 1. The molecule has 0 spiro atoms. The minimum atomic E-state index is -0.552. The first-order valence-electron chi connectivity index (χ1n) is 6.82. The van der Waals surface area contributed by atoms with Crippen molar-refractivity contribution in [2.75, 3.05) is 11.9 Å². The van der Waals surface area contributed by atoms with E-state index in [9.17, 15) is 10.1 Å². The molecular formula is C13H16N4O4. The van der Waals surface area contributed by atoms with Gasteiger partial charge in [0.05, 0.1) is 37.1 Å². The normalized spacial score (nSPS) is 18.0. The summed E-state index contributed by atoms with van der Waals surface area (Å²) < 4.78 is 12.5. The van der Waals surface area contributed by atoms with Crippen LogP contribution >= 0.6 is 0 Å². The van der Waals surface area contributed by atoms with Crippen LogP contribution in [0.5, 0.6) is 0 Å². The van der Waals surface area contributed by atoms with E-state index in [1.54, 1.807) is 12.3 Å². The SMILES string of the molecule is O=[N+]([O-])c1ccc(CNc2cnn(CC3CCCO3)c2)o1. The van der Waals surface area contributed by atoms with Crippen molar-refractivity contribution in [1.29, 1.82) is 0 Å². The second-order valence-electron chi connectivity index (χ2n) is 4.94. The van der Waals surface area contributed by atoms with E-state index >= 15 is 0 Å². The van der Waals surface area contributed by atoms with E-state index in [0.717, 1.165) is 31.7 Å². The number of hydrogen-bond acceptors (Lipinski definition) is 6. The summed E-state index contributed by atoms with van der Waals surface area (Å²) in [6.45, 7) is 1.95. The summed E-state index contributed by atoms with van der Waals surface area (Å²) in [5, 5.41) is 17.9. The van der Waals surface area contributed by atoms with Crippen molar-refractivity contribution in [3.63, 3.8) is 0 Å². The lowest BCUT2D eigenvalue weighted by Gasteiger charge is -2.08. The summed E-state index contributed by atoms with van der Waals surface area (Å²) in [6.07, 6.45) is 6.02. The largest absolute Gasteiger partial charge is 0.433 e. The molecule has 112 valence electrons. The van der Waals surface area contributed by atoms with Gasteiger partial charge in [-0.25, -0.2) is 0 Å². The maximum Gasteiger partial charge on any atom is 0.433 e. The zero-order valence-electron chi connectivity index (χ0n) is 11.4. The van der Waals surface area contributed by atoms with Crippen LogP contribution in [0.4, 0.5) is 11.6 Å². The molecule has 8 heteroatoms. The van der Waals surface area contributed by atoms with Gasteiger partial charge < -0.3 is 14.5 Å². The molecule has 2 aromatic rings. The number of anilines is 1. The molecule has 3 rings (SSSR count). The summed E-state index contributed by atoms with van der Waals surface area (Å²) in [7, 11) is 0. The van der Waals surface area contributed by atoms with Gasteiger partial charge >= 0.3 is 5.88 Å². The summed E-state index contributed by atoms with van der Waals surface area (Å²) in [4.78, 5) is 9.97. The average molecular weight is 292 g/mol. The Labute approximate surface area is 120 Å². The van der Waals surface area contributed by atoms with E-state index in [-0.39, 0.29) is 12.0 Å². The molecule has 0 saturated carbocycles.